The Kier molecular flexibility index (Phi) is 3.24. The van der Waals surface area contributed by atoms with Crippen molar-refractivity contribution in [2.75, 3.05) is 7.11 Å². The zero-order valence-corrected chi connectivity index (χ0v) is 8.43. The zero-order chi connectivity index (χ0) is 11.4. The Balaban J connectivity index is 3.39. The van der Waals surface area contributed by atoms with Crippen molar-refractivity contribution in [3.8, 4) is 11.8 Å². The lowest BCUT2D eigenvalue weighted by atomic mass is 10.0. The highest BCUT2D eigenvalue weighted by Gasteiger charge is 2.23. The standard InChI is InChI=1S/C10H10N2O3/c1-7(6-11)8-4-3-5-9(15-2)10(8)12(13)14/h3-5,7H,1-2H3. The largest absolute Gasteiger partial charge is 0.490 e. The van der Waals surface area contributed by atoms with Crippen molar-refractivity contribution in [1.29, 1.82) is 5.26 Å². The average Bonchev–Trinajstić information content (AvgIpc) is 2.26. The van der Waals surface area contributed by atoms with E-state index in [1.54, 1.807) is 19.1 Å². The summed E-state index contributed by atoms with van der Waals surface area (Å²) in [5, 5.41) is 19.6. The van der Waals surface area contributed by atoms with Gasteiger partial charge in [0.05, 0.1) is 29.6 Å². The van der Waals surface area contributed by atoms with Crippen LogP contribution in [0.15, 0.2) is 18.2 Å². The lowest BCUT2D eigenvalue weighted by Crippen LogP contribution is -2.00. The van der Waals surface area contributed by atoms with Gasteiger partial charge in [-0.3, -0.25) is 10.1 Å². The molecule has 0 fully saturated rings. The molecule has 0 aliphatic carbocycles. The predicted molar refractivity (Wildman–Crippen MR) is 53.7 cm³/mol. The van der Waals surface area contributed by atoms with Gasteiger partial charge < -0.3 is 4.74 Å². The molecule has 1 unspecified atom stereocenters. The van der Waals surface area contributed by atoms with E-state index in [9.17, 15) is 10.1 Å². The maximum Gasteiger partial charge on any atom is 0.315 e. The molecule has 0 aliphatic rings. The molecule has 15 heavy (non-hydrogen) atoms. The Hall–Kier alpha value is -2.09. The van der Waals surface area contributed by atoms with Gasteiger partial charge in [-0.2, -0.15) is 5.26 Å². The number of rotatable bonds is 3. The molecule has 1 atom stereocenters. The normalized spacial score (nSPS) is 11.5. The van der Waals surface area contributed by atoms with Crippen LogP contribution in [0.2, 0.25) is 0 Å². The molecule has 1 aromatic rings. The molecule has 0 N–H and O–H groups in total. The first-order valence-corrected chi connectivity index (χ1v) is 4.32. The Bertz CT molecular complexity index is 423. The molecule has 0 amide bonds. The van der Waals surface area contributed by atoms with Gasteiger partial charge in [-0.25, -0.2) is 0 Å². The first kappa shape index (κ1) is 11.0. The van der Waals surface area contributed by atoms with Gasteiger partial charge >= 0.3 is 5.69 Å². The number of benzene rings is 1. The van der Waals surface area contributed by atoms with Crippen LogP contribution in [0, 0.1) is 21.4 Å². The van der Waals surface area contributed by atoms with E-state index < -0.39 is 10.8 Å². The van der Waals surface area contributed by atoms with E-state index in [1.165, 1.54) is 13.2 Å². The van der Waals surface area contributed by atoms with Crippen LogP contribution in [0.3, 0.4) is 0 Å². The third kappa shape index (κ3) is 2.05. The molecular weight excluding hydrogens is 196 g/mol. The van der Waals surface area contributed by atoms with Gasteiger partial charge in [-0.15, -0.1) is 0 Å². The number of nitrogens with zero attached hydrogens (tertiary/aromatic N) is 2. The van der Waals surface area contributed by atoms with Gasteiger partial charge in [-0.05, 0) is 13.0 Å². The summed E-state index contributed by atoms with van der Waals surface area (Å²) < 4.78 is 4.89. The number of nitriles is 1. The summed E-state index contributed by atoms with van der Waals surface area (Å²) in [6.07, 6.45) is 0. The summed E-state index contributed by atoms with van der Waals surface area (Å²) in [5.74, 6) is -0.347. The van der Waals surface area contributed by atoms with E-state index >= 15 is 0 Å². The predicted octanol–water partition coefficient (Wildman–Crippen LogP) is 2.23. The first-order chi connectivity index (χ1) is 7.11. The molecule has 0 heterocycles. The van der Waals surface area contributed by atoms with Crippen LogP contribution in [0.1, 0.15) is 18.4 Å². The molecule has 1 aromatic carbocycles. The Labute approximate surface area is 87.1 Å². The first-order valence-electron chi connectivity index (χ1n) is 4.32. The van der Waals surface area contributed by atoms with E-state index in [2.05, 4.69) is 0 Å². The number of methoxy groups -OCH3 is 1. The van der Waals surface area contributed by atoms with Gasteiger partial charge in [0.2, 0.25) is 0 Å². The highest BCUT2D eigenvalue weighted by molar-refractivity contribution is 5.55. The van der Waals surface area contributed by atoms with Crippen LogP contribution in [-0.4, -0.2) is 12.0 Å². The van der Waals surface area contributed by atoms with Gasteiger partial charge in [0, 0.05) is 0 Å². The van der Waals surface area contributed by atoms with Gasteiger partial charge in [0.25, 0.3) is 0 Å². The number of hydrogen-bond donors (Lipinski definition) is 0. The third-order valence-corrected chi connectivity index (χ3v) is 2.09. The van der Waals surface area contributed by atoms with Crippen molar-refractivity contribution in [3.05, 3.63) is 33.9 Å². The molecular formula is C10H10N2O3. The van der Waals surface area contributed by atoms with E-state index in [1.807, 2.05) is 6.07 Å². The fraction of sp³-hybridized carbons (Fsp3) is 0.300. The topological polar surface area (TPSA) is 76.2 Å². The maximum atomic E-state index is 10.8. The van der Waals surface area contributed by atoms with E-state index in [0.717, 1.165) is 0 Å². The summed E-state index contributed by atoms with van der Waals surface area (Å²) in [6.45, 7) is 1.61. The van der Waals surface area contributed by atoms with Crippen molar-refractivity contribution in [2.24, 2.45) is 0 Å². The molecule has 0 bridgehead atoms. The summed E-state index contributed by atoms with van der Waals surface area (Å²) in [7, 11) is 1.36. The smallest absolute Gasteiger partial charge is 0.315 e. The van der Waals surface area contributed by atoms with Crippen LogP contribution in [-0.2, 0) is 0 Å². The molecule has 0 spiro atoms. The second-order valence-electron chi connectivity index (χ2n) is 3.01. The highest BCUT2D eigenvalue weighted by Crippen LogP contribution is 2.34. The Morgan fingerprint density at radius 3 is 2.73 bits per heavy atom. The van der Waals surface area contributed by atoms with Crippen LogP contribution in [0.25, 0.3) is 0 Å². The van der Waals surface area contributed by atoms with Crippen molar-refractivity contribution in [1.82, 2.24) is 0 Å². The monoisotopic (exact) mass is 206 g/mol. The maximum absolute atomic E-state index is 10.8. The molecule has 5 nitrogen and oxygen atoms in total. The van der Waals surface area contributed by atoms with Crippen molar-refractivity contribution in [2.45, 2.75) is 12.8 Å². The van der Waals surface area contributed by atoms with Crippen molar-refractivity contribution >= 4 is 5.69 Å². The summed E-state index contributed by atoms with van der Waals surface area (Å²) >= 11 is 0. The minimum absolute atomic E-state index is 0.131. The SMILES string of the molecule is COc1cccc(C(C)C#N)c1[N+](=O)[O-]. The van der Waals surface area contributed by atoms with E-state index in [0.29, 0.717) is 5.56 Å². The quantitative estimate of drug-likeness (QED) is 0.561. The van der Waals surface area contributed by atoms with Crippen molar-refractivity contribution < 1.29 is 9.66 Å². The minimum atomic E-state index is -0.527. The van der Waals surface area contributed by atoms with Crippen molar-refractivity contribution in [3.63, 3.8) is 0 Å². The number of nitro groups is 1. The fourth-order valence-electron chi connectivity index (χ4n) is 1.32. The van der Waals surface area contributed by atoms with E-state index in [-0.39, 0.29) is 11.4 Å². The zero-order valence-electron chi connectivity index (χ0n) is 8.43. The van der Waals surface area contributed by atoms with E-state index in [4.69, 9.17) is 10.00 Å². The van der Waals surface area contributed by atoms with Gasteiger partial charge in [-0.1, -0.05) is 12.1 Å². The van der Waals surface area contributed by atoms with Crippen LogP contribution in [0.4, 0.5) is 5.69 Å². The molecule has 0 radical (unpaired) electrons. The molecule has 5 heteroatoms. The Morgan fingerprint density at radius 1 is 1.60 bits per heavy atom. The molecule has 0 aliphatic heterocycles. The lowest BCUT2D eigenvalue weighted by molar-refractivity contribution is -0.386. The summed E-state index contributed by atoms with van der Waals surface area (Å²) in [4.78, 5) is 10.3. The molecule has 0 saturated carbocycles. The Morgan fingerprint density at radius 2 is 2.27 bits per heavy atom. The second-order valence-corrected chi connectivity index (χ2v) is 3.01. The fourth-order valence-corrected chi connectivity index (χ4v) is 1.32. The van der Waals surface area contributed by atoms with Crippen LogP contribution < -0.4 is 4.74 Å². The molecule has 0 saturated heterocycles. The molecule has 78 valence electrons. The lowest BCUT2D eigenvalue weighted by Gasteiger charge is -2.07. The van der Waals surface area contributed by atoms with Crippen LogP contribution in [0.5, 0.6) is 5.75 Å². The highest BCUT2D eigenvalue weighted by atomic mass is 16.6. The number of ether oxygens (including phenoxy) is 1. The van der Waals surface area contributed by atoms with Crippen LogP contribution >= 0.6 is 0 Å². The molecule has 1 rings (SSSR count). The third-order valence-electron chi connectivity index (χ3n) is 2.09. The van der Waals surface area contributed by atoms with Gasteiger partial charge in [0.15, 0.2) is 5.75 Å². The average molecular weight is 206 g/mol. The number of nitro benzene ring substituents is 1. The number of hydrogen-bond acceptors (Lipinski definition) is 4. The van der Waals surface area contributed by atoms with Gasteiger partial charge in [0.1, 0.15) is 0 Å². The molecule has 0 aromatic heterocycles. The summed E-state index contributed by atoms with van der Waals surface area (Å²) in [6, 6.07) is 6.67. The number of para-hydroxylation sites is 1. The second kappa shape index (κ2) is 4.42. The summed E-state index contributed by atoms with van der Waals surface area (Å²) in [5.41, 5.74) is 0.246. The minimum Gasteiger partial charge on any atom is -0.490 e.